The Morgan fingerprint density at radius 1 is 1.04 bits per heavy atom. The van der Waals surface area contributed by atoms with Gasteiger partial charge in [-0.15, -0.1) is 0 Å². The van der Waals surface area contributed by atoms with Crippen LogP contribution in [0.25, 0.3) is 10.9 Å². The molecule has 1 aromatic carbocycles. The number of fused-ring (bicyclic) bond motifs is 1. The van der Waals surface area contributed by atoms with Gasteiger partial charge in [-0.1, -0.05) is 0 Å². The number of hydrogen-bond acceptors (Lipinski definition) is 4. The zero-order valence-electron chi connectivity index (χ0n) is 15.5. The van der Waals surface area contributed by atoms with Crippen molar-refractivity contribution < 1.29 is 18.4 Å². The highest BCUT2D eigenvalue weighted by Gasteiger charge is 2.25. The normalized spacial score (nSPS) is 14.9. The number of furan rings is 1. The first-order valence-corrected chi connectivity index (χ1v) is 9.22. The van der Waals surface area contributed by atoms with Crippen LogP contribution in [0.1, 0.15) is 33.0 Å². The summed E-state index contributed by atoms with van der Waals surface area (Å²) in [4.78, 5) is 33.5. The molecule has 0 aliphatic carbocycles. The van der Waals surface area contributed by atoms with Gasteiger partial charge >= 0.3 is 0 Å². The lowest BCUT2D eigenvalue weighted by molar-refractivity contribution is 0.0701. The smallest absolute Gasteiger partial charge is 0.289 e. The van der Waals surface area contributed by atoms with Crippen molar-refractivity contribution in [2.24, 2.45) is 0 Å². The number of carbonyl (C=O) groups excluding carboxylic acids is 2. The summed E-state index contributed by atoms with van der Waals surface area (Å²) in [7, 11) is 0. The number of aryl methyl sites for hydroxylation is 1. The zero-order chi connectivity index (χ0) is 19.7. The van der Waals surface area contributed by atoms with Gasteiger partial charge < -0.3 is 14.2 Å². The third-order valence-corrected chi connectivity index (χ3v) is 4.93. The molecule has 7 heteroatoms. The fourth-order valence-corrected chi connectivity index (χ4v) is 3.56. The molecule has 0 bridgehead atoms. The van der Waals surface area contributed by atoms with E-state index in [9.17, 15) is 14.0 Å². The molecule has 6 nitrogen and oxygen atoms in total. The molecule has 3 aromatic rings. The van der Waals surface area contributed by atoms with E-state index in [1.54, 1.807) is 34.1 Å². The monoisotopic (exact) mass is 381 g/mol. The Morgan fingerprint density at radius 3 is 2.50 bits per heavy atom. The summed E-state index contributed by atoms with van der Waals surface area (Å²) in [5, 5.41) is 0.503. The van der Waals surface area contributed by atoms with Crippen LogP contribution in [0.2, 0.25) is 0 Å². The van der Waals surface area contributed by atoms with Gasteiger partial charge in [-0.25, -0.2) is 4.39 Å². The first-order valence-electron chi connectivity index (χ1n) is 9.22. The highest BCUT2D eigenvalue weighted by atomic mass is 19.1. The Labute approximate surface area is 161 Å². The van der Waals surface area contributed by atoms with E-state index in [4.69, 9.17) is 4.42 Å². The molecule has 1 aliphatic rings. The van der Waals surface area contributed by atoms with Crippen molar-refractivity contribution in [3.63, 3.8) is 0 Å². The lowest BCUT2D eigenvalue weighted by atomic mass is 10.1. The standard InChI is InChI=1S/C21H20FN3O3/c1-14-12-17(16-13-15(22)5-6-18(16)23-14)20(26)24-7-3-8-25(10-9-24)21(27)19-4-2-11-28-19/h2,4-6,11-13H,3,7-10H2,1H3. The number of hydrogen-bond donors (Lipinski definition) is 0. The Morgan fingerprint density at radius 2 is 1.79 bits per heavy atom. The summed E-state index contributed by atoms with van der Waals surface area (Å²) in [6, 6.07) is 9.28. The zero-order valence-corrected chi connectivity index (χ0v) is 15.5. The van der Waals surface area contributed by atoms with Crippen molar-refractivity contribution in [3.05, 3.63) is 65.5 Å². The molecule has 1 fully saturated rings. The number of aromatic nitrogens is 1. The Hall–Kier alpha value is -3.22. The van der Waals surface area contributed by atoms with Crippen LogP contribution in [-0.2, 0) is 0 Å². The average molecular weight is 381 g/mol. The fraction of sp³-hybridized carbons (Fsp3) is 0.286. The summed E-state index contributed by atoms with van der Waals surface area (Å²) in [5.41, 5.74) is 1.73. The van der Waals surface area contributed by atoms with Gasteiger partial charge in [0.15, 0.2) is 5.76 Å². The minimum atomic E-state index is -0.404. The van der Waals surface area contributed by atoms with Crippen molar-refractivity contribution in [2.45, 2.75) is 13.3 Å². The maximum absolute atomic E-state index is 13.8. The van der Waals surface area contributed by atoms with E-state index in [-0.39, 0.29) is 11.8 Å². The average Bonchev–Trinajstić information content (AvgIpc) is 3.11. The summed E-state index contributed by atoms with van der Waals surface area (Å²) in [6.45, 7) is 3.71. The van der Waals surface area contributed by atoms with Crippen LogP contribution in [0.4, 0.5) is 4.39 Å². The number of benzene rings is 1. The van der Waals surface area contributed by atoms with E-state index in [1.807, 2.05) is 6.92 Å². The lowest BCUT2D eigenvalue weighted by Crippen LogP contribution is -2.37. The van der Waals surface area contributed by atoms with Crippen molar-refractivity contribution in [1.29, 1.82) is 0 Å². The van der Waals surface area contributed by atoms with Crippen LogP contribution in [0.5, 0.6) is 0 Å². The maximum Gasteiger partial charge on any atom is 0.289 e. The largest absolute Gasteiger partial charge is 0.459 e. The van der Waals surface area contributed by atoms with E-state index in [2.05, 4.69) is 4.98 Å². The van der Waals surface area contributed by atoms with Crippen molar-refractivity contribution in [1.82, 2.24) is 14.8 Å². The topological polar surface area (TPSA) is 66.7 Å². The molecule has 0 spiro atoms. The number of halogens is 1. The lowest BCUT2D eigenvalue weighted by Gasteiger charge is -2.22. The number of rotatable bonds is 2. The van der Waals surface area contributed by atoms with E-state index < -0.39 is 5.82 Å². The molecule has 2 amide bonds. The number of nitrogens with zero attached hydrogens (tertiary/aromatic N) is 3. The summed E-state index contributed by atoms with van der Waals surface area (Å²) < 4.78 is 18.9. The number of amides is 2. The summed E-state index contributed by atoms with van der Waals surface area (Å²) >= 11 is 0. The minimum Gasteiger partial charge on any atom is -0.459 e. The molecule has 28 heavy (non-hydrogen) atoms. The van der Waals surface area contributed by atoms with Crippen LogP contribution < -0.4 is 0 Å². The van der Waals surface area contributed by atoms with Crippen LogP contribution in [0.3, 0.4) is 0 Å². The Kier molecular flexibility index (Phi) is 4.81. The highest BCUT2D eigenvalue weighted by molar-refractivity contribution is 6.06. The van der Waals surface area contributed by atoms with Crippen molar-refractivity contribution in [3.8, 4) is 0 Å². The SMILES string of the molecule is Cc1cc(C(=O)N2CCCN(C(=O)c3ccco3)CC2)c2cc(F)ccc2n1. The van der Waals surface area contributed by atoms with E-state index in [0.717, 1.165) is 0 Å². The molecule has 3 heterocycles. The first kappa shape index (κ1) is 18.2. The maximum atomic E-state index is 13.8. The second kappa shape index (κ2) is 7.42. The number of carbonyl (C=O) groups is 2. The van der Waals surface area contributed by atoms with Gasteiger partial charge in [-0.05, 0) is 49.7 Å². The molecule has 144 valence electrons. The van der Waals surface area contributed by atoms with Crippen LogP contribution in [0, 0.1) is 12.7 Å². The highest BCUT2D eigenvalue weighted by Crippen LogP contribution is 2.22. The van der Waals surface area contributed by atoms with Gasteiger partial charge in [0.2, 0.25) is 0 Å². The molecule has 0 N–H and O–H groups in total. The third kappa shape index (κ3) is 3.47. The predicted octanol–water partition coefficient (Wildman–Crippen LogP) is 3.26. The first-order chi connectivity index (χ1) is 13.5. The van der Waals surface area contributed by atoms with Gasteiger partial charge in [0.1, 0.15) is 5.82 Å². The molecule has 0 unspecified atom stereocenters. The molecular formula is C21H20FN3O3. The van der Waals surface area contributed by atoms with Gasteiger partial charge in [0.25, 0.3) is 11.8 Å². The second-order valence-corrected chi connectivity index (χ2v) is 6.89. The molecule has 2 aromatic heterocycles. The molecule has 0 radical (unpaired) electrons. The molecular weight excluding hydrogens is 361 g/mol. The Bertz CT molecular complexity index is 1030. The van der Waals surface area contributed by atoms with Crippen LogP contribution >= 0.6 is 0 Å². The summed E-state index contributed by atoms with van der Waals surface area (Å²) in [6.07, 6.45) is 2.13. The van der Waals surface area contributed by atoms with Crippen molar-refractivity contribution >= 4 is 22.7 Å². The quantitative estimate of drug-likeness (QED) is 0.683. The predicted molar refractivity (Wildman–Crippen MR) is 102 cm³/mol. The van der Waals surface area contributed by atoms with Crippen LogP contribution in [0.15, 0.2) is 47.1 Å². The molecule has 1 aliphatic heterocycles. The van der Waals surface area contributed by atoms with Gasteiger partial charge in [0.05, 0.1) is 17.3 Å². The molecule has 4 rings (SSSR count). The van der Waals surface area contributed by atoms with Gasteiger partial charge in [-0.3, -0.25) is 14.6 Å². The van der Waals surface area contributed by atoms with Crippen molar-refractivity contribution in [2.75, 3.05) is 26.2 Å². The third-order valence-electron chi connectivity index (χ3n) is 4.93. The van der Waals surface area contributed by atoms with Gasteiger partial charge in [0, 0.05) is 37.3 Å². The van der Waals surface area contributed by atoms with Crippen LogP contribution in [-0.4, -0.2) is 52.8 Å². The summed E-state index contributed by atoms with van der Waals surface area (Å²) in [5.74, 6) is -0.454. The fourth-order valence-electron chi connectivity index (χ4n) is 3.56. The van der Waals surface area contributed by atoms with E-state index in [0.29, 0.717) is 60.5 Å². The number of pyridine rings is 1. The second-order valence-electron chi connectivity index (χ2n) is 6.89. The van der Waals surface area contributed by atoms with E-state index in [1.165, 1.54) is 18.4 Å². The van der Waals surface area contributed by atoms with Gasteiger partial charge in [-0.2, -0.15) is 0 Å². The Balaban J connectivity index is 1.57. The molecule has 1 saturated heterocycles. The molecule has 0 atom stereocenters. The van der Waals surface area contributed by atoms with E-state index >= 15 is 0 Å². The molecule has 0 saturated carbocycles. The minimum absolute atomic E-state index is 0.173.